The summed E-state index contributed by atoms with van der Waals surface area (Å²) in [6, 6.07) is 11.6. The van der Waals surface area contributed by atoms with Crippen molar-refractivity contribution in [3.63, 3.8) is 0 Å². The summed E-state index contributed by atoms with van der Waals surface area (Å²) in [6.07, 6.45) is 0.735. The minimum absolute atomic E-state index is 0.190. The van der Waals surface area contributed by atoms with Crippen LogP contribution in [-0.4, -0.2) is 24.9 Å². The fourth-order valence-electron chi connectivity index (χ4n) is 2.33. The Labute approximate surface area is 162 Å². The second-order valence-corrected chi connectivity index (χ2v) is 6.73. The first kappa shape index (κ1) is 20.0. The fourth-order valence-corrected chi connectivity index (χ4v) is 3.12. The lowest BCUT2D eigenvalue weighted by Gasteiger charge is -2.16. The zero-order valence-electron chi connectivity index (χ0n) is 14.2. The average Bonchev–Trinajstić information content (AvgIpc) is 2.60. The second-order valence-electron chi connectivity index (χ2n) is 5.47. The molecule has 0 bridgehead atoms. The van der Waals surface area contributed by atoms with Gasteiger partial charge in [-0.1, -0.05) is 29.8 Å². The van der Waals surface area contributed by atoms with E-state index in [4.69, 9.17) is 26.2 Å². The average molecular weight is 429 g/mol. The molecule has 0 radical (unpaired) electrons. The summed E-state index contributed by atoms with van der Waals surface area (Å²) in [7, 11) is 0. The maximum Gasteiger partial charge on any atom is 0.175 e. The second kappa shape index (κ2) is 10.7. The van der Waals surface area contributed by atoms with Crippen molar-refractivity contribution in [3.05, 3.63) is 57.0 Å². The van der Waals surface area contributed by atoms with Crippen LogP contribution in [0.1, 0.15) is 24.5 Å². The topological polar surface area (TPSA) is 50.7 Å². The number of ether oxygens (including phenoxy) is 2. The molecular formula is C19H23BrClNO3. The van der Waals surface area contributed by atoms with Crippen molar-refractivity contribution < 1.29 is 14.6 Å². The van der Waals surface area contributed by atoms with E-state index in [0.717, 1.165) is 28.6 Å². The Kier molecular flexibility index (Phi) is 8.55. The molecule has 136 valence electrons. The van der Waals surface area contributed by atoms with Crippen molar-refractivity contribution >= 4 is 27.5 Å². The summed E-state index contributed by atoms with van der Waals surface area (Å²) in [5.41, 5.74) is 2.01. The van der Waals surface area contributed by atoms with Crippen LogP contribution >= 0.6 is 27.5 Å². The van der Waals surface area contributed by atoms with Gasteiger partial charge in [0.05, 0.1) is 11.1 Å². The lowest BCUT2D eigenvalue weighted by Crippen LogP contribution is -2.16. The number of halogens is 2. The van der Waals surface area contributed by atoms with Crippen molar-refractivity contribution in [3.8, 4) is 11.5 Å². The molecule has 0 spiro atoms. The normalized spacial score (nSPS) is 10.7. The van der Waals surface area contributed by atoms with E-state index < -0.39 is 0 Å². The van der Waals surface area contributed by atoms with Crippen LogP contribution < -0.4 is 14.8 Å². The molecule has 0 unspecified atom stereocenters. The van der Waals surface area contributed by atoms with E-state index in [0.29, 0.717) is 36.3 Å². The van der Waals surface area contributed by atoms with Gasteiger partial charge in [-0.3, -0.25) is 0 Å². The molecule has 0 aliphatic rings. The van der Waals surface area contributed by atoms with E-state index in [1.165, 1.54) is 0 Å². The van der Waals surface area contributed by atoms with Crippen LogP contribution in [0.4, 0.5) is 0 Å². The number of aliphatic hydroxyl groups is 1. The molecule has 0 saturated heterocycles. The molecule has 25 heavy (non-hydrogen) atoms. The van der Waals surface area contributed by atoms with Crippen molar-refractivity contribution in [1.29, 1.82) is 0 Å². The number of hydrogen-bond donors (Lipinski definition) is 2. The van der Waals surface area contributed by atoms with Gasteiger partial charge in [0.1, 0.15) is 6.61 Å². The first-order chi connectivity index (χ1) is 12.2. The molecule has 2 N–H and O–H groups in total. The number of nitrogens with one attached hydrogen (secondary N) is 1. The van der Waals surface area contributed by atoms with Gasteiger partial charge in [-0.15, -0.1) is 0 Å². The van der Waals surface area contributed by atoms with Crippen molar-refractivity contribution in [2.75, 3.05) is 19.8 Å². The predicted octanol–water partition coefficient (Wildman–Crippen LogP) is 4.55. The summed E-state index contributed by atoms with van der Waals surface area (Å²) < 4.78 is 12.6. The third-order valence-corrected chi connectivity index (χ3v) is 4.50. The molecule has 0 saturated carbocycles. The van der Waals surface area contributed by atoms with Gasteiger partial charge in [-0.2, -0.15) is 0 Å². The van der Waals surface area contributed by atoms with Crippen LogP contribution in [0.15, 0.2) is 40.9 Å². The standard InChI is InChI=1S/C19H23BrClNO3/c1-2-24-18-11-14(12-22-8-5-9-23)10-16(20)19(18)25-13-15-6-3-4-7-17(15)21/h3-4,6-7,10-11,22-23H,2,5,8-9,12-13H2,1H3. The Morgan fingerprint density at radius 1 is 1.20 bits per heavy atom. The van der Waals surface area contributed by atoms with Gasteiger partial charge >= 0.3 is 0 Å². The number of rotatable bonds is 10. The van der Waals surface area contributed by atoms with Crippen LogP contribution in [0.25, 0.3) is 0 Å². The molecule has 6 heteroatoms. The van der Waals surface area contributed by atoms with E-state index in [1.54, 1.807) is 0 Å². The zero-order chi connectivity index (χ0) is 18.1. The van der Waals surface area contributed by atoms with E-state index in [9.17, 15) is 0 Å². The molecule has 2 aromatic carbocycles. The summed E-state index contributed by atoms with van der Waals surface area (Å²) in [4.78, 5) is 0. The Balaban J connectivity index is 2.11. The van der Waals surface area contributed by atoms with Gasteiger partial charge < -0.3 is 19.9 Å². The lowest BCUT2D eigenvalue weighted by molar-refractivity contribution is 0.267. The molecule has 2 rings (SSSR count). The molecule has 0 heterocycles. The SMILES string of the molecule is CCOc1cc(CNCCCO)cc(Br)c1OCc1ccccc1Cl. The van der Waals surface area contributed by atoms with Crippen LogP contribution in [-0.2, 0) is 13.2 Å². The van der Waals surface area contributed by atoms with Gasteiger partial charge in [0.15, 0.2) is 11.5 Å². The molecule has 4 nitrogen and oxygen atoms in total. The summed E-state index contributed by atoms with van der Waals surface area (Å²) >= 11 is 9.77. The first-order valence-electron chi connectivity index (χ1n) is 8.28. The highest BCUT2D eigenvalue weighted by atomic mass is 79.9. The number of benzene rings is 2. The Morgan fingerprint density at radius 2 is 2.00 bits per heavy atom. The third-order valence-electron chi connectivity index (χ3n) is 3.54. The van der Waals surface area contributed by atoms with Gasteiger partial charge in [-0.05, 0) is 59.6 Å². The molecular weight excluding hydrogens is 406 g/mol. The summed E-state index contributed by atoms with van der Waals surface area (Å²) in [5, 5.41) is 12.8. The highest BCUT2D eigenvalue weighted by Gasteiger charge is 2.13. The van der Waals surface area contributed by atoms with Crippen molar-refractivity contribution in [2.45, 2.75) is 26.5 Å². The minimum Gasteiger partial charge on any atom is -0.490 e. The quantitative estimate of drug-likeness (QED) is 0.545. The number of aliphatic hydroxyl groups excluding tert-OH is 1. The minimum atomic E-state index is 0.190. The molecule has 0 aliphatic carbocycles. The predicted molar refractivity (Wildman–Crippen MR) is 105 cm³/mol. The highest BCUT2D eigenvalue weighted by molar-refractivity contribution is 9.10. The number of hydrogen-bond acceptors (Lipinski definition) is 4. The van der Waals surface area contributed by atoms with Crippen LogP contribution in [0.3, 0.4) is 0 Å². The van der Waals surface area contributed by atoms with Gasteiger partial charge in [0, 0.05) is 23.7 Å². The Bertz CT molecular complexity index is 682. The zero-order valence-corrected chi connectivity index (χ0v) is 16.6. The molecule has 0 aromatic heterocycles. The summed E-state index contributed by atoms with van der Waals surface area (Å²) in [5.74, 6) is 1.36. The van der Waals surface area contributed by atoms with E-state index in [-0.39, 0.29) is 6.61 Å². The lowest BCUT2D eigenvalue weighted by atomic mass is 10.2. The van der Waals surface area contributed by atoms with Crippen LogP contribution in [0, 0.1) is 0 Å². The fraction of sp³-hybridized carbons (Fsp3) is 0.368. The smallest absolute Gasteiger partial charge is 0.175 e. The highest BCUT2D eigenvalue weighted by Crippen LogP contribution is 2.37. The molecule has 0 atom stereocenters. The first-order valence-corrected chi connectivity index (χ1v) is 9.45. The Hall–Kier alpha value is -1.27. The van der Waals surface area contributed by atoms with E-state index in [2.05, 4.69) is 21.2 Å². The Morgan fingerprint density at radius 3 is 2.72 bits per heavy atom. The molecule has 0 amide bonds. The molecule has 0 fully saturated rings. The maximum absolute atomic E-state index is 8.84. The van der Waals surface area contributed by atoms with E-state index >= 15 is 0 Å². The van der Waals surface area contributed by atoms with Gasteiger partial charge in [-0.25, -0.2) is 0 Å². The van der Waals surface area contributed by atoms with Crippen molar-refractivity contribution in [2.24, 2.45) is 0 Å². The largest absolute Gasteiger partial charge is 0.490 e. The van der Waals surface area contributed by atoms with Gasteiger partial charge in [0.25, 0.3) is 0 Å². The van der Waals surface area contributed by atoms with E-state index in [1.807, 2.05) is 43.3 Å². The maximum atomic E-state index is 8.84. The van der Waals surface area contributed by atoms with Crippen molar-refractivity contribution in [1.82, 2.24) is 5.32 Å². The van der Waals surface area contributed by atoms with Crippen LogP contribution in [0.2, 0.25) is 5.02 Å². The molecule has 2 aromatic rings. The molecule has 0 aliphatic heterocycles. The third kappa shape index (κ3) is 6.19. The van der Waals surface area contributed by atoms with Gasteiger partial charge in [0.2, 0.25) is 0 Å². The summed E-state index contributed by atoms with van der Waals surface area (Å²) in [6.45, 7) is 4.52. The van der Waals surface area contributed by atoms with Crippen LogP contribution in [0.5, 0.6) is 11.5 Å². The monoisotopic (exact) mass is 427 g/mol.